The maximum absolute atomic E-state index is 3.20. The van der Waals surface area contributed by atoms with Crippen molar-refractivity contribution < 1.29 is 0 Å². The van der Waals surface area contributed by atoms with Gasteiger partial charge in [-0.05, 0) is 0 Å². The molecule has 1 unspecified atom stereocenters. The predicted molar refractivity (Wildman–Crippen MR) is 66.0 cm³/mol. The Labute approximate surface area is 80.3 Å². The first-order chi connectivity index (χ1) is 5.71. The molecule has 1 aliphatic heterocycles. The molecule has 0 bridgehead atoms. The van der Waals surface area contributed by atoms with Crippen molar-refractivity contribution in [3.05, 3.63) is 0 Å². The molecule has 0 nitrogen and oxygen atoms in total. The quantitative estimate of drug-likeness (QED) is 0.527. The van der Waals surface area contributed by atoms with Gasteiger partial charge in [-0.1, -0.05) is 0 Å². The Morgan fingerprint density at radius 1 is 0.750 bits per heavy atom. The molecule has 0 spiro atoms. The van der Waals surface area contributed by atoms with Gasteiger partial charge in [-0.25, -0.2) is 0 Å². The Bertz CT molecular complexity index is 109. The fourth-order valence-electron chi connectivity index (χ4n) is 2.07. The molecule has 1 atom stereocenters. The number of hydrogen-bond donors (Lipinski definition) is 0. The normalized spacial score (nSPS) is 29.2. The summed E-state index contributed by atoms with van der Waals surface area (Å²) in [4.78, 5) is 0. The maximum atomic E-state index is 3.20. The van der Waals surface area contributed by atoms with E-state index in [1.807, 2.05) is 0 Å². The topological polar surface area (TPSA) is 0 Å². The molecule has 1 saturated heterocycles. The van der Waals surface area contributed by atoms with Crippen LogP contribution in [-0.2, 0) is 0 Å². The zero-order chi connectivity index (χ0) is 8.86. The second-order valence-electron chi connectivity index (χ2n) is 4.63. The Morgan fingerprint density at radius 2 is 1.08 bits per heavy atom. The molecule has 74 valence electrons. The molecule has 2 heteroatoms. The molecule has 0 saturated carbocycles. The minimum absolute atomic E-state index is 0.811. The van der Waals surface area contributed by atoms with Gasteiger partial charge in [0.05, 0.1) is 0 Å². The standard InChI is InChI=1S/C10H24P2/c1-12(11)9-7-5-3-2-4-6-8-10-12/h12H,2-11H2,1H3. The number of hydrogen-bond acceptors (Lipinski definition) is 0. The van der Waals surface area contributed by atoms with Crippen LogP contribution in [0, 0.1) is 0 Å². The third-order valence-corrected chi connectivity index (χ3v) is 7.72. The van der Waals surface area contributed by atoms with E-state index in [0.29, 0.717) is 0 Å². The zero-order valence-electron chi connectivity index (χ0n) is 8.44. The van der Waals surface area contributed by atoms with Gasteiger partial charge < -0.3 is 0 Å². The summed E-state index contributed by atoms with van der Waals surface area (Å²) in [5, 5.41) is 0. The molecule has 0 N–H and O–H groups in total. The predicted octanol–water partition coefficient (Wildman–Crippen LogP) is 3.90. The van der Waals surface area contributed by atoms with Gasteiger partial charge in [0.1, 0.15) is 0 Å². The van der Waals surface area contributed by atoms with Crippen LogP contribution in [0.5, 0.6) is 0 Å². The van der Waals surface area contributed by atoms with Crippen LogP contribution >= 0.6 is 15.9 Å². The van der Waals surface area contributed by atoms with E-state index < -0.39 is 6.95 Å². The molecule has 1 fully saturated rings. The van der Waals surface area contributed by atoms with Crippen LogP contribution in [0.1, 0.15) is 44.9 Å². The SMILES string of the molecule is C[PH]1(P)CCCCCCCCC1. The summed E-state index contributed by atoms with van der Waals surface area (Å²) in [5.41, 5.74) is 0. The molecular formula is C10H24P2. The fourth-order valence-corrected chi connectivity index (χ4v) is 5.66. The van der Waals surface area contributed by atoms with Gasteiger partial charge in [-0.2, -0.15) is 0 Å². The van der Waals surface area contributed by atoms with E-state index >= 15 is 0 Å². The van der Waals surface area contributed by atoms with Crippen molar-refractivity contribution in [2.24, 2.45) is 0 Å². The van der Waals surface area contributed by atoms with Crippen molar-refractivity contribution in [2.75, 3.05) is 19.0 Å². The first-order valence-corrected chi connectivity index (χ1v) is 10.2. The summed E-state index contributed by atoms with van der Waals surface area (Å²) in [6.45, 7) is 1.73. The Morgan fingerprint density at radius 3 is 1.50 bits per heavy atom. The molecule has 0 aliphatic carbocycles. The van der Waals surface area contributed by atoms with Crippen molar-refractivity contribution in [1.29, 1.82) is 0 Å². The van der Waals surface area contributed by atoms with E-state index in [-0.39, 0.29) is 0 Å². The Hall–Kier alpha value is 0.860. The van der Waals surface area contributed by atoms with Gasteiger partial charge in [-0.15, -0.1) is 0 Å². The molecule has 0 radical (unpaired) electrons. The van der Waals surface area contributed by atoms with Gasteiger partial charge in [-0.3, -0.25) is 0 Å². The molecule has 0 aromatic heterocycles. The molecule has 0 aromatic rings. The van der Waals surface area contributed by atoms with Gasteiger partial charge >= 0.3 is 79.8 Å². The molecule has 12 heavy (non-hydrogen) atoms. The summed E-state index contributed by atoms with van der Waals surface area (Å²) in [6.07, 6.45) is 13.6. The molecular weight excluding hydrogens is 182 g/mol. The van der Waals surface area contributed by atoms with Crippen LogP contribution in [0.15, 0.2) is 0 Å². The third kappa shape index (κ3) is 4.78. The average molecular weight is 206 g/mol. The first-order valence-electron chi connectivity index (χ1n) is 5.50. The van der Waals surface area contributed by atoms with E-state index in [2.05, 4.69) is 15.6 Å². The Kier molecular flexibility index (Phi) is 5.07. The van der Waals surface area contributed by atoms with Crippen molar-refractivity contribution in [3.63, 3.8) is 0 Å². The van der Waals surface area contributed by atoms with E-state index in [0.717, 1.165) is 0 Å². The van der Waals surface area contributed by atoms with Gasteiger partial charge in [0.2, 0.25) is 0 Å². The zero-order valence-corrected chi connectivity index (χ0v) is 10.6. The monoisotopic (exact) mass is 206 g/mol. The van der Waals surface area contributed by atoms with Gasteiger partial charge in [0.25, 0.3) is 0 Å². The molecule has 1 aliphatic rings. The van der Waals surface area contributed by atoms with Crippen LogP contribution in [0.4, 0.5) is 0 Å². The van der Waals surface area contributed by atoms with Crippen LogP contribution < -0.4 is 0 Å². The summed E-state index contributed by atoms with van der Waals surface area (Å²) in [5.74, 6) is 0. The molecule has 1 heterocycles. The van der Waals surface area contributed by atoms with E-state index in [1.54, 1.807) is 12.3 Å². The number of rotatable bonds is 0. The second-order valence-corrected chi connectivity index (χ2v) is 13.1. The second kappa shape index (κ2) is 5.56. The summed E-state index contributed by atoms with van der Waals surface area (Å²) in [6, 6.07) is 0. The first kappa shape index (κ1) is 10.9. The summed E-state index contributed by atoms with van der Waals surface area (Å²) in [7, 11) is 3.20. The summed E-state index contributed by atoms with van der Waals surface area (Å²) >= 11 is 0. The van der Waals surface area contributed by atoms with Crippen molar-refractivity contribution in [1.82, 2.24) is 0 Å². The van der Waals surface area contributed by atoms with Crippen LogP contribution in [0.25, 0.3) is 0 Å². The van der Waals surface area contributed by atoms with E-state index in [1.165, 1.54) is 44.9 Å². The van der Waals surface area contributed by atoms with Gasteiger partial charge in [0.15, 0.2) is 0 Å². The molecule has 0 aromatic carbocycles. The van der Waals surface area contributed by atoms with Crippen LogP contribution in [0.2, 0.25) is 0 Å². The van der Waals surface area contributed by atoms with Crippen LogP contribution in [0.3, 0.4) is 0 Å². The van der Waals surface area contributed by atoms with Crippen molar-refractivity contribution in [3.8, 4) is 0 Å². The van der Waals surface area contributed by atoms with Crippen molar-refractivity contribution >= 4 is 15.9 Å². The van der Waals surface area contributed by atoms with Crippen LogP contribution in [-0.4, -0.2) is 19.0 Å². The summed E-state index contributed by atoms with van der Waals surface area (Å²) < 4.78 is 0. The molecule has 1 rings (SSSR count). The molecule has 0 amide bonds. The Balaban J connectivity index is 2.27. The van der Waals surface area contributed by atoms with E-state index in [9.17, 15) is 0 Å². The fraction of sp³-hybridized carbons (Fsp3) is 1.00. The average Bonchev–Trinajstić information content (AvgIpc) is 2.02. The van der Waals surface area contributed by atoms with E-state index in [4.69, 9.17) is 0 Å². The third-order valence-electron chi connectivity index (χ3n) is 3.00. The van der Waals surface area contributed by atoms with Crippen molar-refractivity contribution in [2.45, 2.75) is 44.9 Å². The minimum atomic E-state index is -0.811. The van der Waals surface area contributed by atoms with Gasteiger partial charge in [0, 0.05) is 0 Å².